The lowest BCUT2D eigenvalue weighted by molar-refractivity contribution is -0.392. The van der Waals surface area contributed by atoms with E-state index >= 15 is 9.59 Å². The summed E-state index contributed by atoms with van der Waals surface area (Å²) in [7, 11) is 2.83. The fourth-order valence-corrected chi connectivity index (χ4v) is 10.2. The number of hydrogen-bond acceptors (Lipinski definition) is 10. The molecule has 3 fully saturated rings. The molecular weight excluding hydrogens is 754 g/mol. The Hall–Kier alpha value is -6.41. The maximum absolute atomic E-state index is 15.5. The number of nitro groups is 2. The van der Waals surface area contributed by atoms with E-state index in [0.29, 0.717) is 32.8 Å². The molecule has 14 nitrogen and oxygen atoms in total. The van der Waals surface area contributed by atoms with Gasteiger partial charge in [-0.3, -0.25) is 39.4 Å². The fourth-order valence-electron chi connectivity index (χ4n) is 9.98. The van der Waals surface area contributed by atoms with E-state index in [2.05, 4.69) is 0 Å². The van der Waals surface area contributed by atoms with Crippen molar-refractivity contribution in [1.82, 2.24) is 0 Å². The highest BCUT2D eigenvalue weighted by atomic mass is 35.5. The second kappa shape index (κ2) is 13.4. The summed E-state index contributed by atoms with van der Waals surface area (Å²) in [5, 5.41) is 35.7. The molecule has 2 saturated heterocycles. The first kappa shape index (κ1) is 37.5. The van der Waals surface area contributed by atoms with Crippen molar-refractivity contribution in [2.45, 2.75) is 38.0 Å². The zero-order valence-electron chi connectivity index (χ0n) is 31.2. The number of hydrogen-bond donors (Lipinski definition) is 1. The van der Waals surface area contributed by atoms with Crippen LogP contribution in [0.25, 0.3) is 0 Å². The SMILES string of the molecule is Cc1cc(C2C3=CCC4C(=O)N(c5cc([N+](=O)[O-])c(N(C)C)c([N+](=O)[O-])c5)C(=O)C4C3CC3C(=O)N(c4cccc(Cl)c4)C(=O)C32c2ccccc2)cc(C)c1O. The van der Waals surface area contributed by atoms with Gasteiger partial charge >= 0.3 is 11.4 Å². The van der Waals surface area contributed by atoms with Crippen LogP contribution >= 0.6 is 11.6 Å². The first-order valence-corrected chi connectivity index (χ1v) is 18.7. The average Bonchev–Trinajstić information content (AvgIpc) is 3.56. The van der Waals surface area contributed by atoms with Gasteiger partial charge < -0.3 is 10.0 Å². The van der Waals surface area contributed by atoms with Crippen LogP contribution in [0.2, 0.25) is 5.02 Å². The minimum Gasteiger partial charge on any atom is -0.507 e. The van der Waals surface area contributed by atoms with Crippen LogP contribution in [-0.2, 0) is 24.6 Å². The largest absolute Gasteiger partial charge is 0.507 e. The number of carbonyl (C=O) groups excluding carboxylic acids is 4. The molecule has 0 aromatic heterocycles. The van der Waals surface area contributed by atoms with Gasteiger partial charge in [0, 0.05) is 37.2 Å². The van der Waals surface area contributed by atoms with Crippen LogP contribution in [0, 0.1) is 57.7 Å². The molecule has 4 amide bonds. The van der Waals surface area contributed by atoms with Crippen LogP contribution < -0.4 is 14.7 Å². The molecule has 8 rings (SSSR count). The van der Waals surface area contributed by atoms with Crippen LogP contribution in [0.15, 0.2) is 90.5 Å². The van der Waals surface area contributed by atoms with Crippen LogP contribution in [-0.4, -0.2) is 52.7 Å². The summed E-state index contributed by atoms with van der Waals surface area (Å²) in [6, 6.07) is 21.0. The van der Waals surface area contributed by atoms with E-state index in [1.165, 1.54) is 25.1 Å². The van der Waals surface area contributed by atoms with Crippen molar-refractivity contribution in [2.24, 2.45) is 23.7 Å². The van der Waals surface area contributed by atoms with Gasteiger partial charge in [0.1, 0.15) is 5.75 Å². The van der Waals surface area contributed by atoms with E-state index in [1.807, 2.05) is 24.3 Å². The number of amides is 4. The van der Waals surface area contributed by atoms with E-state index < -0.39 is 79.9 Å². The second-order valence-corrected chi connectivity index (χ2v) is 15.8. The molecule has 0 spiro atoms. The molecule has 0 radical (unpaired) electrons. The lowest BCUT2D eigenvalue weighted by Crippen LogP contribution is -2.53. The Bertz CT molecular complexity index is 2450. The summed E-state index contributed by atoms with van der Waals surface area (Å²) < 4.78 is 0. The van der Waals surface area contributed by atoms with Gasteiger partial charge in [-0.25, -0.2) is 9.80 Å². The number of fused-ring (bicyclic) bond motifs is 4. The number of benzene rings is 4. The molecule has 290 valence electrons. The predicted molar refractivity (Wildman–Crippen MR) is 210 cm³/mol. The van der Waals surface area contributed by atoms with E-state index in [9.17, 15) is 34.9 Å². The molecule has 2 heterocycles. The third kappa shape index (κ3) is 5.37. The van der Waals surface area contributed by atoms with Crippen LogP contribution in [0.1, 0.15) is 41.0 Å². The third-order valence-corrected chi connectivity index (χ3v) is 12.4. The highest BCUT2D eigenvalue weighted by Crippen LogP contribution is 2.65. The quantitative estimate of drug-likeness (QED) is 0.0893. The number of rotatable bonds is 7. The first-order valence-electron chi connectivity index (χ1n) is 18.3. The van der Waals surface area contributed by atoms with Crippen LogP contribution in [0.5, 0.6) is 5.75 Å². The van der Waals surface area contributed by atoms with Gasteiger partial charge in [0.05, 0.1) is 44.4 Å². The van der Waals surface area contributed by atoms with Gasteiger partial charge in [-0.1, -0.05) is 71.8 Å². The molecule has 4 aromatic rings. The van der Waals surface area contributed by atoms with Crippen molar-refractivity contribution >= 4 is 63.7 Å². The lowest BCUT2D eigenvalue weighted by Gasteiger charge is -2.51. The highest BCUT2D eigenvalue weighted by Gasteiger charge is 2.70. The molecule has 2 aliphatic heterocycles. The zero-order chi connectivity index (χ0) is 40.8. The summed E-state index contributed by atoms with van der Waals surface area (Å²) >= 11 is 6.40. The van der Waals surface area contributed by atoms with Gasteiger partial charge in [-0.2, -0.15) is 0 Å². The van der Waals surface area contributed by atoms with Gasteiger partial charge in [-0.05, 0) is 73.1 Å². The molecule has 15 heteroatoms. The van der Waals surface area contributed by atoms with E-state index in [1.54, 1.807) is 56.3 Å². The van der Waals surface area contributed by atoms with E-state index in [4.69, 9.17) is 11.6 Å². The second-order valence-electron chi connectivity index (χ2n) is 15.4. The Balaban J connectivity index is 1.34. The van der Waals surface area contributed by atoms with Gasteiger partial charge in [0.25, 0.3) is 0 Å². The van der Waals surface area contributed by atoms with Crippen LogP contribution in [0.3, 0.4) is 0 Å². The highest BCUT2D eigenvalue weighted by molar-refractivity contribution is 6.32. The molecule has 0 bridgehead atoms. The first-order chi connectivity index (χ1) is 27.1. The molecule has 6 unspecified atom stereocenters. The van der Waals surface area contributed by atoms with Crippen molar-refractivity contribution in [3.05, 3.63) is 138 Å². The number of imide groups is 2. The normalized spacial score (nSPS) is 25.2. The molecular formula is C42H36ClN5O9. The van der Waals surface area contributed by atoms with Gasteiger partial charge in [0.15, 0.2) is 5.69 Å². The number of nitro benzene ring substituents is 2. The molecule has 1 N–H and O–H groups in total. The van der Waals surface area contributed by atoms with Crippen molar-refractivity contribution in [3.63, 3.8) is 0 Å². The van der Waals surface area contributed by atoms with Crippen molar-refractivity contribution < 1.29 is 34.1 Å². The third-order valence-electron chi connectivity index (χ3n) is 12.2. The van der Waals surface area contributed by atoms with Crippen LogP contribution in [0.4, 0.5) is 28.4 Å². The number of aryl methyl sites for hydroxylation is 2. The average molecular weight is 790 g/mol. The Labute approximate surface area is 331 Å². The van der Waals surface area contributed by atoms with E-state index in [-0.39, 0.29) is 35.7 Å². The predicted octanol–water partition coefficient (Wildman–Crippen LogP) is 6.91. The minimum absolute atomic E-state index is 0.0111. The molecule has 4 aromatic carbocycles. The summed E-state index contributed by atoms with van der Waals surface area (Å²) in [6.07, 6.45) is 1.91. The number of anilines is 3. The fraction of sp³-hybridized carbons (Fsp3) is 0.286. The summed E-state index contributed by atoms with van der Waals surface area (Å²) in [5.41, 5.74) is -0.247. The maximum atomic E-state index is 15.5. The smallest absolute Gasteiger partial charge is 0.301 e. The van der Waals surface area contributed by atoms with Gasteiger partial charge in [-0.15, -0.1) is 0 Å². The van der Waals surface area contributed by atoms with Gasteiger partial charge in [0.2, 0.25) is 23.6 Å². The Morgan fingerprint density at radius 3 is 2.00 bits per heavy atom. The number of phenols is 1. The van der Waals surface area contributed by atoms with Crippen molar-refractivity contribution in [2.75, 3.05) is 28.8 Å². The number of carbonyl (C=O) groups is 4. The Kier molecular flexibility index (Phi) is 8.80. The minimum atomic E-state index is -1.54. The monoisotopic (exact) mass is 789 g/mol. The maximum Gasteiger partial charge on any atom is 0.301 e. The molecule has 1 saturated carbocycles. The number of aromatic hydroxyl groups is 1. The number of nitrogens with zero attached hydrogens (tertiary/aromatic N) is 5. The summed E-state index contributed by atoms with van der Waals surface area (Å²) in [6.45, 7) is 3.47. The topological polar surface area (TPSA) is 185 Å². The zero-order valence-corrected chi connectivity index (χ0v) is 32.0. The number of allylic oxidation sites excluding steroid dienone is 2. The number of phenolic OH excluding ortho intramolecular Hbond substituents is 1. The molecule has 6 atom stereocenters. The van der Waals surface area contributed by atoms with Crippen molar-refractivity contribution in [1.29, 1.82) is 0 Å². The lowest BCUT2D eigenvalue weighted by atomic mass is 9.49. The Morgan fingerprint density at radius 1 is 0.789 bits per heavy atom. The van der Waals surface area contributed by atoms with Crippen molar-refractivity contribution in [3.8, 4) is 5.75 Å². The van der Waals surface area contributed by atoms with E-state index in [0.717, 1.165) is 21.9 Å². The molecule has 2 aliphatic carbocycles. The molecule has 57 heavy (non-hydrogen) atoms. The standard InChI is InChI=1S/C42H36ClN5O9/c1-21-15-23(16-22(2)37(21)49)35-28-13-14-29-34(40(52)45(38(29)50)27-18-32(47(54)55)36(44(3)4)33(19-27)48(56)57)30(28)20-31-39(51)46(26-12-8-11-25(43)17-26)41(53)42(31,35)24-9-6-5-7-10-24/h5-13,15-19,29-31,34-35,49H,14,20H2,1-4H3. The molecule has 4 aliphatic rings. The summed E-state index contributed by atoms with van der Waals surface area (Å²) in [5.74, 6) is -7.02. The summed E-state index contributed by atoms with van der Waals surface area (Å²) in [4.78, 5) is 85.7. The number of halogens is 1. The Morgan fingerprint density at radius 2 is 1.42 bits per heavy atom.